The van der Waals surface area contributed by atoms with Gasteiger partial charge in [0.25, 0.3) is 0 Å². The Hall–Kier alpha value is -0.970. The lowest BCUT2D eigenvalue weighted by Gasteiger charge is -2.43. The molecule has 0 saturated carbocycles. The Morgan fingerprint density at radius 2 is 2.27 bits per heavy atom. The second-order valence-electron chi connectivity index (χ2n) is 6.20. The van der Waals surface area contributed by atoms with Gasteiger partial charge in [-0.1, -0.05) is 0 Å². The van der Waals surface area contributed by atoms with Gasteiger partial charge in [-0.05, 0) is 19.1 Å². The number of nitriles is 1. The van der Waals surface area contributed by atoms with Gasteiger partial charge in [-0.3, -0.25) is 4.90 Å². The minimum absolute atomic E-state index is 0.0613. The maximum absolute atomic E-state index is 12.2. The van der Waals surface area contributed by atoms with Crippen LogP contribution >= 0.6 is 11.8 Å². The maximum Gasteiger partial charge on any atom is 0.317 e. The van der Waals surface area contributed by atoms with Crippen molar-refractivity contribution in [3.63, 3.8) is 0 Å². The summed E-state index contributed by atoms with van der Waals surface area (Å²) in [5.41, 5.74) is 0.0613. The van der Waals surface area contributed by atoms with Crippen molar-refractivity contribution in [1.29, 1.82) is 5.26 Å². The molecule has 0 bridgehead atoms. The Morgan fingerprint density at radius 3 is 2.86 bits per heavy atom. The third kappa shape index (κ3) is 4.28. The van der Waals surface area contributed by atoms with Gasteiger partial charge in [-0.25, -0.2) is 4.79 Å². The largest absolute Gasteiger partial charge is 0.379 e. The van der Waals surface area contributed by atoms with Crippen LogP contribution in [0.3, 0.4) is 0 Å². The van der Waals surface area contributed by atoms with Crippen molar-refractivity contribution in [2.24, 2.45) is 5.92 Å². The van der Waals surface area contributed by atoms with Crippen molar-refractivity contribution in [1.82, 2.24) is 15.1 Å². The number of rotatable bonds is 5. The zero-order valence-electron chi connectivity index (χ0n) is 13.5. The zero-order valence-corrected chi connectivity index (χ0v) is 14.3. The number of nitrogens with zero attached hydrogens (tertiary/aromatic N) is 3. The quantitative estimate of drug-likeness (QED) is 0.816. The molecule has 0 aromatic carbocycles. The first-order valence-electron chi connectivity index (χ1n) is 7.86. The lowest BCUT2D eigenvalue weighted by atomic mass is 9.95. The summed E-state index contributed by atoms with van der Waals surface area (Å²) in [6.45, 7) is 6.40. The first kappa shape index (κ1) is 17.4. The van der Waals surface area contributed by atoms with Crippen LogP contribution in [0.25, 0.3) is 0 Å². The predicted octanol–water partition coefficient (Wildman–Crippen LogP) is 0.995. The number of hydrogen-bond donors (Lipinski definition) is 1. The summed E-state index contributed by atoms with van der Waals surface area (Å²) < 4.78 is 5.45. The topological polar surface area (TPSA) is 68.6 Å². The molecule has 0 aromatic rings. The van der Waals surface area contributed by atoms with Crippen LogP contribution in [0.4, 0.5) is 4.79 Å². The molecule has 22 heavy (non-hydrogen) atoms. The van der Waals surface area contributed by atoms with Gasteiger partial charge in [0.15, 0.2) is 0 Å². The van der Waals surface area contributed by atoms with Crippen LogP contribution in [0.15, 0.2) is 0 Å². The Labute approximate surface area is 137 Å². The van der Waals surface area contributed by atoms with Crippen LogP contribution in [0, 0.1) is 17.2 Å². The van der Waals surface area contributed by atoms with E-state index in [0.717, 1.165) is 44.2 Å². The Bertz CT molecular complexity index is 414. The van der Waals surface area contributed by atoms with Crippen molar-refractivity contribution < 1.29 is 9.53 Å². The van der Waals surface area contributed by atoms with Gasteiger partial charge in [0.1, 0.15) is 0 Å². The molecule has 0 aromatic heterocycles. The van der Waals surface area contributed by atoms with Crippen LogP contribution in [0.1, 0.15) is 13.3 Å². The van der Waals surface area contributed by atoms with E-state index in [1.165, 1.54) is 0 Å². The summed E-state index contributed by atoms with van der Waals surface area (Å²) in [5, 5.41) is 11.9. The highest BCUT2D eigenvalue weighted by atomic mass is 32.2. The molecule has 2 heterocycles. The monoisotopic (exact) mass is 326 g/mol. The Balaban J connectivity index is 1.89. The second-order valence-corrected chi connectivity index (χ2v) is 7.30. The smallest absolute Gasteiger partial charge is 0.317 e. The summed E-state index contributed by atoms with van der Waals surface area (Å²) in [5.74, 6) is 2.06. The van der Waals surface area contributed by atoms with Gasteiger partial charge in [0.2, 0.25) is 0 Å². The standard InChI is InChI=1S/C15H26N4O2S/c1-13(9-16)10-18(2)14(20)17-11-15(3-8-22-12-15)19-4-6-21-7-5-19/h13H,3-8,10-12H2,1-2H3,(H,17,20)/t13-,15-/m0/s1. The third-order valence-electron chi connectivity index (χ3n) is 4.45. The average molecular weight is 326 g/mol. The van der Waals surface area contributed by atoms with Crippen molar-refractivity contribution in [3.8, 4) is 6.07 Å². The molecule has 1 N–H and O–H groups in total. The van der Waals surface area contributed by atoms with E-state index in [9.17, 15) is 4.79 Å². The van der Waals surface area contributed by atoms with Crippen LogP contribution in [0.5, 0.6) is 0 Å². The molecule has 2 atom stereocenters. The van der Waals surface area contributed by atoms with Gasteiger partial charge in [-0.2, -0.15) is 17.0 Å². The summed E-state index contributed by atoms with van der Waals surface area (Å²) in [7, 11) is 1.74. The third-order valence-corrected chi connectivity index (χ3v) is 5.68. The second kappa shape index (κ2) is 8.04. The summed E-state index contributed by atoms with van der Waals surface area (Å²) in [6, 6.07) is 2.07. The van der Waals surface area contributed by atoms with E-state index >= 15 is 0 Å². The SMILES string of the molecule is C[C@@H](C#N)CN(C)C(=O)NC[C@@]1(N2CCOCC2)CCSC1. The highest BCUT2D eigenvalue weighted by Crippen LogP contribution is 2.33. The van der Waals surface area contributed by atoms with E-state index in [2.05, 4.69) is 16.3 Å². The summed E-state index contributed by atoms with van der Waals surface area (Å²) >= 11 is 1.96. The predicted molar refractivity (Wildman–Crippen MR) is 87.9 cm³/mol. The van der Waals surface area contributed by atoms with Crippen LogP contribution < -0.4 is 5.32 Å². The molecule has 2 saturated heterocycles. The number of carbonyl (C=O) groups is 1. The van der Waals surface area contributed by atoms with E-state index in [1.807, 2.05) is 18.7 Å². The molecule has 2 fully saturated rings. The molecule has 7 heteroatoms. The first-order valence-corrected chi connectivity index (χ1v) is 9.02. The van der Waals surface area contributed by atoms with Crippen molar-refractivity contribution in [2.45, 2.75) is 18.9 Å². The number of nitrogens with one attached hydrogen (secondary N) is 1. The van der Waals surface area contributed by atoms with E-state index in [4.69, 9.17) is 10.00 Å². The van der Waals surface area contributed by atoms with Gasteiger partial charge in [0, 0.05) is 44.5 Å². The molecule has 0 spiro atoms. The highest BCUT2D eigenvalue weighted by Gasteiger charge is 2.41. The number of hydrogen-bond acceptors (Lipinski definition) is 5. The van der Waals surface area contributed by atoms with Gasteiger partial charge in [-0.15, -0.1) is 0 Å². The van der Waals surface area contributed by atoms with Gasteiger partial charge < -0.3 is 15.0 Å². The fourth-order valence-corrected chi connectivity index (χ4v) is 4.52. The number of ether oxygens (including phenoxy) is 1. The fourth-order valence-electron chi connectivity index (χ4n) is 3.04. The zero-order chi connectivity index (χ0) is 16.0. The Morgan fingerprint density at radius 1 is 1.55 bits per heavy atom. The van der Waals surface area contributed by atoms with E-state index in [1.54, 1.807) is 11.9 Å². The molecule has 0 radical (unpaired) electrons. The number of amides is 2. The molecule has 124 valence electrons. The molecular formula is C15H26N4O2S. The average Bonchev–Trinajstić information content (AvgIpc) is 3.03. The number of urea groups is 1. The van der Waals surface area contributed by atoms with E-state index in [0.29, 0.717) is 13.1 Å². The normalized spacial score (nSPS) is 27.1. The minimum Gasteiger partial charge on any atom is -0.379 e. The van der Waals surface area contributed by atoms with E-state index in [-0.39, 0.29) is 17.5 Å². The van der Waals surface area contributed by atoms with Crippen molar-refractivity contribution >= 4 is 17.8 Å². The van der Waals surface area contributed by atoms with Gasteiger partial charge in [0.05, 0.1) is 25.2 Å². The number of carbonyl (C=O) groups excluding carboxylic acids is 1. The molecule has 6 nitrogen and oxygen atoms in total. The van der Waals surface area contributed by atoms with Gasteiger partial charge >= 0.3 is 6.03 Å². The molecule has 2 aliphatic heterocycles. The fraction of sp³-hybridized carbons (Fsp3) is 0.867. The summed E-state index contributed by atoms with van der Waals surface area (Å²) in [4.78, 5) is 16.3. The van der Waals surface area contributed by atoms with Crippen LogP contribution in [-0.2, 0) is 4.74 Å². The Kier molecular flexibility index (Phi) is 6.36. The maximum atomic E-state index is 12.2. The van der Waals surface area contributed by atoms with Crippen LogP contribution in [0.2, 0.25) is 0 Å². The van der Waals surface area contributed by atoms with Crippen LogP contribution in [-0.4, -0.2) is 79.3 Å². The molecule has 2 amide bonds. The van der Waals surface area contributed by atoms with Crippen molar-refractivity contribution in [3.05, 3.63) is 0 Å². The lowest BCUT2D eigenvalue weighted by molar-refractivity contribution is -0.0127. The molecular weight excluding hydrogens is 300 g/mol. The minimum atomic E-state index is -0.147. The number of thioether (sulfide) groups is 1. The lowest BCUT2D eigenvalue weighted by Crippen LogP contribution is -2.60. The van der Waals surface area contributed by atoms with E-state index < -0.39 is 0 Å². The molecule has 2 aliphatic rings. The first-order chi connectivity index (χ1) is 10.6. The summed E-state index contributed by atoms with van der Waals surface area (Å²) in [6.07, 6.45) is 1.11. The number of morpholine rings is 1. The van der Waals surface area contributed by atoms with Crippen molar-refractivity contribution in [2.75, 3.05) is 57.9 Å². The molecule has 2 rings (SSSR count). The molecule has 0 unspecified atom stereocenters. The molecule has 0 aliphatic carbocycles. The highest BCUT2D eigenvalue weighted by molar-refractivity contribution is 7.99.